The smallest absolute Gasteiger partial charge is 0.217 e. The van der Waals surface area contributed by atoms with Gasteiger partial charge in [-0.3, -0.25) is 0 Å². The topological polar surface area (TPSA) is 9.23 Å². The highest BCUT2D eigenvalue weighted by molar-refractivity contribution is 6.71. The summed E-state index contributed by atoms with van der Waals surface area (Å²) in [7, 11) is -2.01. The van der Waals surface area contributed by atoms with Gasteiger partial charge < -0.3 is 4.43 Å². The van der Waals surface area contributed by atoms with Crippen LogP contribution in [0.15, 0.2) is 12.1 Å². The van der Waals surface area contributed by atoms with Gasteiger partial charge >= 0.3 is 0 Å². The molecule has 3 heteroatoms. The summed E-state index contributed by atoms with van der Waals surface area (Å²) < 4.78 is 19.3. The Morgan fingerprint density at radius 3 is 1.35 bits per heavy atom. The summed E-state index contributed by atoms with van der Waals surface area (Å²) in [6, 6.07) is 4.72. The van der Waals surface area contributed by atoms with Crippen molar-refractivity contribution in [2.75, 3.05) is 6.86 Å². The average molecular weight is 381 g/mol. The monoisotopic (exact) mass is 380 g/mol. The first kappa shape index (κ1) is 23.4. The molecule has 0 radical (unpaired) electrons. The van der Waals surface area contributed by atoms with E-state index in [0.29, 0.717) is 0 Å². The van der Waals surface area contributed by atoms with Crippen molar-refractivity contribution in [2.24, 2.45) is 0 Å². The van der Waals surface area contributed by atoms with Crippen LogP contribution >= 0.6 is 0 Å². The largest absolute Gasteiger partial charge is 0.389 e. The Kier molecular flexibility index (Phi) is 6.64. The number of rotatable bonds is 3. The maximum atomic E-state index is 13.4. The van der Waals surface area contributed by atoms with Crippen LogP contribution < -0.4 is 5.19 Å². The van der Waals surface area contributed by atoms with Gasteiger partial charge in [0.05, 0.1) is 0 Å². The summed E-state index contributed by atoms with van der Waals surface area (Å²) in [4.78, 5) is 0. The minimum absolute atomic E-state index is 0.0211. The molecule has 0 spiro atoms. The molecule has 0 aliphatic rings. The van der Waals surface area contributed by atoms with Crippen LogP contribution in [0.25, 0.3) is 0 Å². The summed E-state index contributed by atoms with van der Waals surface area (Å²) in [5, 5.41) is 1.25. The van der Waals surface area contributed by atoms with Crippen LogP contribution in [0.3, 0.4) is 0 Å². The van der Waals surface area contributed by atoms with Gasteiger partial charge in [0.15, 0.2) is 6.86 Å². The van der Waals surface area contributed by atoms with Gasteiger partial charge in [-0.25, -0.2) is 4.39 Å². The van der Waals surface area contributed by atoms with Crippen molar-refractivity contribution in [2.45, 2.75) is 104 Å². The standard InChI is InChI=1S/C23H41FOSi/c1-20(2,3)16-13-17(21(4,5)6)19(18(14-16)22(7,8)9)26(25-15-24)23(10,11)12/h13-14,26H,15H2,1-12H3. The van der Waals surface area contributed by atoms with E-state index in [4.69, 9.17) is 4.43 Å². The summed E-state index contributed by atoms with van der Waals surface area (Å²) in [6.45, 7) is 26.2. The molecule has 0 aromatic heterocycles. The predicted octanol–water partition coefficient (Wildman–Crippen LogP) is 6.25. The normalized spacial score (nSPS) is 15.3. The molecule has 0 amide bonds. The van der Waals surface area contributed by atoms with Gasteiger partial charge in [-0.2, -0.15) is 0 Å². The van der Waals surface area contributed by atoms with E-state index in [1.54, 1.807) is 0 Å². The highest BCUT2D eigenvalue weighted by atomic mass is 28.3. The zero-order chi connectivity index (χ0) is 20.7. The van der Waals surface area contributed by atoms with Crippen molar-refractivity contribution in [3.63, 3.8) is 0 Å². The zero-order valence-electron chi connectivity index (χ0n) is 19.2. The molecule has 1 nitrogen and oxygen atoms in total. The first-order valence-corrected chi connectivity index (χ1v) is 11.4. The van der Waals surface area contributed by atoms with Gasteiger partial charge in [0.2, 0.25) is 9.04 Å². The van der Waals surface area contributed by atoms with E-state index in [-0.39, 0.29) is 21.3 Å². The SMILES string of the molecule is CC(C)(C)c1cc(C(C)(C)C)c([SiH](OCF)C(C)(C)C)c(C(C)(C)C)c1. The highest BCUT2D eigenvalue weighted by Gasteiger charge is 2.39. The molecule has 0 heterocycles. The summed E-state index contributed by atoms with van der Waals surface area (Å²) in [5.74, 6) is 0. The van der Waals surface area contributed by atoms with E-state index in [2.05, 4.69) is 95.2 Å². The minimum atomic E-state index is -2.01. The van der Waals surface area contributed by atoms with Gasteiger partial charge in [0.1, 0.15) is 0 Å². The maximum Gasteiger partial charge on any atom is 0.217 e. The lowest BCUT2D eigenvalue weighted by Crippen LogP contribution is -2.49. The van der Waals surface area contributed by atoms with Crippen molar-refractivity contribution in [1.82, 2.24) is 0 Å². The Morgan fingerprint density at radius 1 is 0.731 bits per heavy atom. The van der Waals surface area contributed by atoms with Crippen molar-refractivity contribution in [3.8, 4) is 0 Å². The van der Waals surface area contributed by atoms with Crippen molar-refractivity contribution < 1.29 is 8.82 Å². The summed E-state index contributed by atoms with van der Waals surface area (Å²) in [6.07, 6.45) is 0. The van der Waals surface area contributed by atoms with Gasteiger partial charge in [-0.05, 0) is 43.2 Å². The van der Waals surface area contributed by atoms with Gasteiger partial charge in [0, 0.05) is 0 Å². The second kappa shape index (κ2) is 7.39. The van der Waals surface area contributed by atoms with E-state index >= 15 is 0 Å². The quantitative estimate of drug-likeness (QED) is 0.563. The van der Waals surface area contributed by atoms with E-state index in [1.165, 1.54) is 21.9 Å². The van der Waals surface area contributed by atoms with Gasteiger partial charge in [-0.15, -0.1) is 0 Å². The van der Waals surface area contributed by atoms with Gasteiger partial charge in [0.25, 0.3) is 0 Å². The van der Waals surface area contributed by atoms with Crippen LogP contribution in [0, 0.1) is 0 Å². The Labute approximate surface area is 163 Å². The fourth-order valence-corrected chi connectivity index (χ4v) is 6.70. The molecule has 0 aliphatic heterocycles. The van der Waals surface area contributed by atoms with E-state index in [0.717, 1.165) is 0 Å². The first-order chi connectivity index (χ1) is 11.4. The molecule has 1 unspecified atom stereocenters. The molecule has 0 fully saturated rings. The Morgan fingerprint density at radius 2 is 1.12 bits per heavy atom. The number of benzene rings is 1. The van der Waals surface area contributed by atoms with Crippen molar-refractivity contribution in [1.29, 1.82) is 0 Å². The summed E-state index contributed by atoms with van der Waals surface area (Å²) >= 11 is 0. The molecule has 1 atom stereocenters. The number of halogens is 1. The lowest BCUT2D eigenvalue weighted by molar-refractivity contribution is 0.186. The molecule has 26 heavy (non-hydrogen) atoms. The molecule has 0 bridgehead atoms. The molecule has 1 rings (SSSR count). The zero-order valence-corrected chi connectivity index (χ0v) is 20.4. The van der Waals surface area contributed by atoms with Crippen LogP contribution in [0.5, 0.6) is 0 Å². The second-order valence-corrected chi connectivity index (χ2v) is 15.2. The molecular formula is C23H41FOSi. The van der Waals surface area contributed by atoms with Crippen LogP contribution in [0.2, 0.25) is 5.04 Å². The van der Waals surface area contributed by atoms with E-state index in [9.17, 15) is 4.39 Å². The molecule has 0 saturated heterocycles. The molecule has 0 N–H and O–H groups in total. The molecule has 0 saturated carbocycles. The minimum Gasteiger partial charge on any atom is -0.389 e. The molecule has 1 aromatic carbocycles. The Bertz CT molecular complexity index is 587. The van der Waals surface area contributed by atoms with Gasteiger partial charge in [-0.1, -0.05) is 95.2 Å². The lowest BCUT2D eigenvalue weighted by Gasteiger charge is -2.39. The van der Waals surface area contributed by atoms with Crippen molar-refractivity contribution >= 4 is 14.2 Å². The van der Waals surface area contributed by atoms with Crippen molar-refractivity contribution in [3.05, 3.63) is 28.8 Å². The first-order valence-electron chi connectivity index (χ1n) is 9.77. The number of alkyl halides is 1. The lowest BCUT2D eigenvalue weighted by atomic mass is 9.75. The summed E-state index contributed by atoms with van der Waals surface area (Å²) in [5.41, 5.74) is 4.03. The van der Waals surface area contributed by atoms with E-state index in [1.807, 2.05) is 0 Å². The van der Waals surface area contributed by atoms with E-state index < -0.39 is 15.9 Å². The maximum absolute atomic E-state index is 13.4. The average Bonchev–Trinajstić information content (AvgIpc) is 2.39. The predicted molar refractivity (Wildman–Crippen MR) is 116 cm³/mol. The fourth-order valence-electron chi connectivity index (χ4n) is 3.44. The third-order valence-electron chi connectivity index (χ3n) is 4.94. The Hall–Kier alpha value is -0.673. The van der Waals surface area contributed by atoms with Crippen LogP contribution in [-0.4, -0.2) is 15.9 Å². The Balaban J connectivity index is 4.02. The third-order valence-corrected chi connectivity index (χ3v) is 8.12. The third kappa shape index (κ3) is 5.42. The van der Waals surface area contributed by atoms with Crippen LogP contribution in [0.1, 0.15) is 99.8 Å². The molecular weight excluding hydrogens is 339 g/mol. The molecule has 1 aromatic rings. The number of hydrogen-bond acceptors (Lipinski definition) is 1. The molecule has 150 valence electrons. The molecule has 0 aliphatic carbocycles. The highest BCUT2D eigenvalue weighted by Crippen LogP contribution is 2.37. The fraction of sp³-hybridized carbons (Fsp3) is 0.739. The number of hydrogen-bond donors (Lipinski definition) is 0. The van der Waals surface area contributed by atoms with Crippen LogP contribution in [-0.2, 0) is 20.7 Å². The second-order valence-electron chi connectivity index (χ2n) is 11.8. The van der Waals surface area contributed by atoms with Crippen LogP contribution in [0.4, 0.5) is 4.39 Å².